The minimum absolute atomic E-state index is 0.00796. The van der Waals surface area contributed by atoms with Crippen LogP contribution in [0.1, 0.15) is 23.0 Å². The molecule has 0 aliphatic carbocycles. The summed E-state index contributed by atoms with van der Waals surface area (Å²) in [5, 5.41) is 0. The van der Waals surface area contributed by atoms with Crippen molar-refractivity contribution in [2.75, 3.05) is 24.8 Å². The van der Waals surface area contributed by atoms with E-state index in [0.717, 1.165) is 22.4 Å². The van der Waals surface area contributed by atoms with Crippen LogP contribution < -0.4 is 5.73 Å². The number of nitrogens with zero attached hydrogens (tertiary/aromatic N) is 2. The second-order valence-electron chi connectivity index (χ2n) is 4.63. The van der Waals surface area contributed by atoms with Crippen LogP contribution in [0.25, 0.3) is 10.2 Å². The van der Waals surface area contributed by atoms with Gasteiger partial charge in [-0.3, -0.25) is 9.78 Å². The minimum atomic E-state index is -0.00796. The first-order chi connectivity index (χ1) is 9.60. The molecule has 0 aromatic carbocycles. The number of thiophene rings is 1. The van der Waals surface area contributed by atoms with Gasteiger partial charge in [-0.05, 0) is 24.8 Å². The van der Waals surface area contributed by atoms with Crippen LogP contribution >= 0.6 is 23.1 Å². The van der Waals surface area contributed by atoms with Crippen LogP contribution in [0.4, 0.5) is 5.69 Å². The van der Waals surface area contributed by atoms with E-state index in [4.69, 9.17) is 5.73 Å². The quantitative estimate of drug-likeness (QED) is 0.922. The van der Waals surface area contributed by atoms with Gasteiger partial charge < -0.3 is 10.6 Å². The Bertz CT molecular complexity index is 611. The number of fused-ring (bicyclic) bond motifs is 1. The fourth-order valence-electron chi connectivity index (χ4n) is 2.13. The Morgan fingerprint density at radius 3 is 2.95 bits per heavy atom. The zero-order valence-electron chi connectivity index (χ0n) is 11.9. The summed E-state index contributed by atoms with van der Waals surface area (Å²) in [6.07, 6.45) is 4.69. The summed E-state index contributed by atoms with van der Waals surface area (Å²) >= 11 is 3.17. The lowest BCUT2D eigenvalue weighted by molar-refractivity contribution is 0.0749. The number of carbonyl (C=O) groups is 1. The zero-order valence-corrected chi connectivity index (χ0v) is 13.6. The highest BCUT2D eigenvalue weighted by molar-refractivity contribution is 7.98. The fourth-order valence-corrected chi connectivity index (χ4v) is 4.04. The maximum absolute atomic E-state index is 12.6. The summed E-state index contributed by atoms with van der Waals surface area (Å²) in [6.45, 7) is 2.10. The van der Waals surface area contributed by atoms with Crippen molar-refractivity contribution in [3.8, 4) is 0 Å². The number of nitrogens with two attached hydrogens (primary N) is 1. The second kappa shape index (κ2) is 6.45. The molecule has 108 valence electrons. The Hall–Kier alpha value is -1.27. The van der Waals surface area contributed by atoms with Gasteiger partial charge in [-0.15, -0.1) is 11.3 Å². The van der Waals surface area contributed by atoms with E-state index in [1.807, 2.05) is 19.2 Å². The van der Waals surface area contributed by atoms with Crippen LogP contribution in [0, 0.1) is 0 Å². The van der Waals surface area contributed by atoms with Crippen LogP contribution in [0.2, 0.25) is 0 Å². The third kappa shape index (κ3) is 2.76. The minimum Gasteiger partial charge on any atom is -0.396 e. The zero-order chi connectivity index (χ0) is 14.7. The highest BCUT2D eigenvalue weighted by Crippen LogP contribution is 2.33. The van der Waals surface area contributed by atoms with Gasteiger partial charge in [-0.1, -0.05) is 6.92 Å². The molecule has 2 N–H and O–H groups in total. The van der Waals surface area contributed by atoms with E-state index in [-0.39, 0.29) is 11.9 Å². The SMILES string of the molecule is CCC(CSC)N(C)C(=O)c1sc2cccnc2c1N. The number of amides is 1. The molecule has 0 spiro atoms. The molecule has 0 saturated carbocycles. The third-order valence-corrected chi connectivity index (χ3v) is 5.24. The van der Waals surface area contributed by atoms with Crippen molar-refractivity contribution in [2.45, 2.75) is 19.4 Å². The number of thioether (sulfide) groups is 1. The molecule has 0 aliphatic rings. The van der Waals surface area contributed by atoms with Gasteiger partial charge in [0.05, 0.1) is 10.4 Å². The molecule has 1 atom stereocenters. The normalized spacial score (nSPS) is 12.6. The van der Waals surface area contributed by atoms with Crippen molar-refractivity contribution in [3.05, 3.63) is 23.2 Å². The topological polar surface area (TPSA) is 59.2 Å². The van der Waals surface area contributed by atoms with Crippen molar-refractivity contribution in [1.82, 2.24) is 9.88 Å². The molecule has 2 rings (SSSR count). The van der Waals surface area contributed by atoms with E-state index in [2.05, 4.69) is 18.2 Å². The van der Waals surface area contributed by atoms with Gasteiger partial charge in [0, 0.05) is 25.0 Å². The standard InChI is InChI=1S/C14H19N3OS2/c1-4-9(8-19-3)17(2)14(18)13-11(15)12-10(20-13)6-5-7-16-12/h5-7,9H,4,8,15H2,1-3H3. The molecule has 4 nitrogen and oxygen atoms in total. The number of pyridine rings is 1. The summed E-state index contributed by atoms with van der Waals surface area (Å²) in [6, 6.07) is 4.04. The summed E-state index contributed by atoms with van der Waals surface area (Å²) < 4.78 is 0.958. The fraction of sp³-hybridized carbons (Fsp3) is 0.429. The lowest BCUT2D eigenvalue weighted by atomic mass is 10.2. The second-order valence-corrected chi connectivity index (χ2v) is 6.59. The van der Waals surface area contributed by atoms with Crippen molar-refractivity contribution >= 4 is 44.9 Å². The average molecular weight is 309 g/mol. The summed E-state index contributed by atoms with van der Waals surface area (Å²) in [4.78, 5) is 19.3. The van der Waals surface area contributed by atoms with E-state index in [0.29, 0.717) is 10.6 Å². The molecule has 0 radical (unpaired) electrons. The predicted octanol–water partition coefficient (Wildman–Crippen LogP) is 3.09. The molecule has 2 aromatic rings. The monoisotopic (exact) mass is 309 g/mol. The summed E-state index contributed by atoms with van der Waals surface area (Å²) in [5.74, 6) is 0.924. The number of anilines is 1. The van der Waals surface area contributed by atoms with Gasteiger partial charge in [0.2, 0.25) is 0 Å². The Labute approximate surface area is 127 Å². The number of carbonyl (C=O) groups excluding carboxylic acids is 1. The first-order valence-electron chi connectivity index (χ1n) is 6.49. The van der Waals surface area contributed by atoms with Crippen molar-refractivity contribution < 1.29 is 4.79 Å². The van der Waals surface area contributed by atoms with E-state index in [1.165, 1.54) is 11.3 Å². The highest BCUT2D eigenvalue weighted by atomic mass is 32.2. The van der Waals surface area contributed by atoms with Gasteiger partial charge in [-0.2, -0.15) is 11.8 Å². The molecular weight excluding hydrogens is 290 g/mol. The molecule has 1 unspecified atom stereocenters. The van der Waals surface area contributed by atoms with Gasteiger partial charge in [-0.25, -0.2) is 0 Å². The summed E-state index contributed by atoms with van der Waals surface area (Å²) in [5.41, 5.74) is 7.32. The molecule has 0 bridgehead atoms. The maximum atomic E-state index is 12.6. The Morgan fingerprint density at radius 2 is 2.35 bits per heavy atom. The molecular formula is C14H19N3OS2. The Balaban J connectivity index is 2.33. The van der Waals surface area contributed by atoms with Crippen LogP contribution in [0.5, 0.6) is 0 Å². The Kier molecular flexibility index (Phi) is 4.88. The number of hydrogen-bond donors (Lipinski definition) is 1. The predicted molar refractivity (Wildman–Crippen MR) is 88.6 cm³/mol. The van der Waals surface area contributed by atoms with Gasteiger partial charge in [0.1, 0.15) is 10.4 Å². The highest BCUT2D eigenvalue weighted by Gasteiger charge is 2.24. The molecule has 6 heteroatoms. The van der Waals surface area contributed by atoms with Crippen LogP contribution in [0.3, 0.4) is 0 Å². The molecule has 2 heterocycles. The molecule has 0 saturated heterocycles. The molecule has 2 aromatic heterocycles. The summed E-state index contributed by atoms with van der Waals surface area (Å²) in [7, 11) is 1.85. The lowest BCUT2D eigenvalue weighted by Gasteiger charge is -2.26. The van der Waals surface area contributed by atoms with Crippen molar-refractivity contribution in [2.24, 2.45) is 0 Å². The van der Waals surface area contributed by atoms with E-state index in [9.17, 15) is 4.79 Å². The lowest BCUT2D eigenvalue weighted by Crippen LogP contribution is -2.38. The maximum Gasteiger partial charge on any atom is 0.266 e. The number of nitrogen functional groups attached to an aromatic ring is 1. The van der Waals surface area contributed by atoms with Gasteiger partial charge >= 0.3 is 0 Å². The van der Waals surface area contributed by atoms with Gasteiger partial charge in [0.25, 0.3) is 5.91 Å². The first kappa shape index (κ1) is 15.1. The Morgan fingerprint density at radius 1 is 1.60 bits per heavy atom. The number of rotatable bonds is 5. The van der Waals surface area contributed by atoms with Gasteiger partial charge in [0.15, 0.2) is 0 Å². The molecule has 0 aliphatic heterocycles. The molecule has 20 heavy (non-hydrogen) atoms. The first-order valence-corrected chi connectivity index (χ1v) is 8.70. The van der Waals surface area contributed by atoms with E-state index in [1.54, 1.807) is 22.9 Å². The third-order valence-electron chi connectivity index (χ3n) is 3.38. The van der Waals surface area contributed by atoms with Crippen LogP contribution in [-0.2, 0) is 0 Å². The average Bonchev–Trinajstić information content (AvgIpc) is 2.81. The number of aromatic nitrogens is 1. The van der Waals surface area contributed by atoms with Crippen molar-refractivity contribution in [3.63, 3.8) is 0 Å². The largest absolute Gasteiger partial charge is 0.396 e. The van der Waals surface area contributed by atoms with Crippen LogP contribution in [0.15, 0.2) is 18.3 Å². The van der Waals surface area contributed by atoms with E-state index < -0.39 is 0 Å². The van der Waals surface area contributed by atoms with Crippen LogP contribution in [-0.4, -0.2) is 40.9 Å². The molecule has 1 amide bonds. The molecule has 0 fully saturated rings. The van der Waals surface area contributed by atoms with Crippen molar-refractivity contribution in [1.29, 1.82) is 0 Å². The number of hydrogen-bond acceptors (Lipinski definition) is 5. The smallest absolute Gasteiger partial charge is 0.266 e. The van der Waals surface area contributed by atoms with E-state index >= 15 is 0 Å².